The highest BCUT2D eigenvalue weighted by Gasteiger charge is 2.12. The molecule has 3 unspecified atom stereocenters. The lowest BCUT2D eigenvalue weighted by Crippen LogP contribution is -2.33. The molecule has 0 aliphatic heterocycles. The van der Waals surface area contributed by atoms with Crippen LogP contribution < -0.4 is 5.32 Å². The Morgan fingerprint density at radius 2 is 2.05 bits per heavy atom. The average molecular weight is 271 g/mol. The molecule has 0 amide bonds. The van der Waals surface area contributed by atoms with Crippen LogP contribution in [-0.4, -0.2) is 44.2 Å². The van der Waals surface area contributed by atoms with Gasteiger partial charge < -0.3 is 24.3 Å². The predicted octanol–water partition coefficient (Wildman–Crippen LogP) is 1.65. The summed E-state index contributed by atoms with van der Waals surface area (Å²) in [5.41, 5.74) is 0. The third-order valence-electron chi connectivity index (χ3n) is 2.82. The largest absolute Gasteiger partial charge is 0.465 e. The van der Waals surface area contributed by atoms with Gasteiger partial charge >= 0.3 is 0 Å². The first-order valence-corrected chi connectivity index (χ1v) is 6.61. The zero-order chi connectivity index (χ0) is 14.3. The molecule has 3 atom stereocenters. The van der Waals surface area contributed by atoms with Crippen molar-refractivity contribution in [1.29, 1.82) is 0 Å². The second-order valence-electron chi connectivity index (χ2n) is 4.83. The van der Waals surface area contributed by atoms with Crippen LogP contribution in [0, 0.1) is 6.92 Å². The van der Waals surface area contributed by atoms with Crippen molar-refractivity contribution >= 4 is 0 Å². The van der Waals surface area contributed by atoms with E-state index in [1.54, 1.807) is 7.11 Å². The lowest BCUT2D eigenvalue weighted by Gasteiger charge is -2.18. The molecule has 0 bridgehead atoms. The number of aryl methyl sites for hydroxylation is 1. The molecule has 5 heteroatoms. The van der Waals surface area contributed by atoms with E-state index in [1.165, 1.54) is 0 Å². The number of hydrogen-bond acceptors (Lipinski definition) is 5. The van der Waals surface area contributed by atoms with Crippen LogP contribution in [0.3, 0.4) is 0 Å². The quantitative estimate of drug-likeness (QED) is 0.715. The maximum atomic E-state index is 9.81. The van der Waals surface area contributed by atoms with E-state index >= 15 is 0 Å². The molecule has 110 valence electrons. The van der Waals surface area contributed by atoms with E-state index in [0.717, 1.165) is 11.5 Å². The minimum atomic E-state index is -0.544. The van der Waals surface area contributed by atoms with E-state index in [1.807, 2.05) is 32.9 Å². The maximum Gasteiger partial charge on any atom is 0.120 e. The van der Waals surface area contributed by atoms with Crippen LogP contribution in [0.2, 0.25) is 0 Å². The normalized spacial score (nSPS) is 16.3. The fourth-order valence-electron chi connectivity index (χ4n) is 1.72. The molecule has 1 aromatic rings. The first-order chi connectivity index (χ1) is 9.02. The van der Waals surface area contributed by atoms with Gasteiger partial charge in [0.05, 0.1) is 31.5 Å². The van der Waals surface area contributed by atoms with Gasteiger partial charge in [-0.1, -0.05) is 0 Å². The first kappa shape index (κ1) is 16.2. The molecule has 1 heterocycles. The molecule has 1 aromatic heterocycles. The highest BCUT2D eigenvalue weighted by molar-refractivity contribution is 5.08. The van der Waals surface area contributed by atoms with Gasteiger partial charge in [-0.15, -0.1) is 0 Å². The molecule has 0 fully saturated rings. The molecule has 5 nitrogen and oxygen atoms in total. The fourth-order valence-corrected chi connectivity index (χ4v) is 1.72. The molecule has 0 aromatic carbocycles. The molecule has 1 rings (SSSR count). The van der Waals surface area contributed by atoms with Crippen molar-refractivity contribution in [2.75, 3.05) is 26.9 Å². The summed E-state index contributed by atoms with van der Waals surface area (Å²) in [5.74, 6) is 1.76. The van der Waals surface area contributed by atoms with Gasteiger partial charge in [-0.05, 0) is 32.9 Å². The standard InChI is InChI=1S/C14H25NO4/c1-10-5-6-14(19-10)12(3)15-7-13(16)9-18-11(2)8-17-4/h5-6,11-13,15-16H,7-9H2,1-4H3. The summed E-state index contributed by atoms with van der Waals surface area (Å²) in [6.45, 7) is 7.11. The summed E-state index contributed by atoms with van der Waals surface area (Å²) in [6.07, 6.45) is -0.553. The van der Waals surface area contributed by atoms with Gasteiger partial charge in [-0.3, -0.25) is 0 Å². The number of methoxy groups -OCH3 is 1. The van der Waals surface area contributed by atoms with Crippen LogP contribution in [0.15, 0.2) is 16.5 Å². The molecule has 2 N–H and O–H groups in total. The summed E-state index contributed by atoms with van der Waals surface area (Å²) in [4.78, 5) is 0. The van der Waals surface area contributed by atoms with Crippen molar-refractivity contribution in [3.63, 3.8) is 0 Å². The van der Waals surface area contributed by atoms with E-state index < -0.39 is 6.10 Å². The second-order valence-corrected chi connectivity index (χ2v) is 4.83. The van der Waals surface area contributed by atoms with Crippen molar-refractivity contribution in [3.8, 4) is 0 Å². The molecule has 0 saturated heterocycles. The summed E-state index contributed by atoms with van der Waals surface area (Å²) in [6, 6.07) is 3.94. The Labute approximate surface area is 114 Å². The Morgan fingerprint density at radius 1 is 1.32 bits per heavy atom. The Kier molecular flexibility index (Phi) is 7.09. The minimum absolute atomic E-state index is 0.00945. The van der Waals surface area contributed by atoms with Crippen LogP contribution in [-0.2, 0) is 9.47 Å². The zero-order valence-electron chi connectivity index (χ0n) is 12.2. The third-order valence-corrected chi connectivity index (χ3v) is 2.82. The number of aliphatic hydroxyl groups excluding tert-OH is 1. The minimum Gasteiger partial charge on any atom is -0.465 e. The number of aliphatic hydroxyl groups is 1. The van der Waals surface area contributed by atoms with E-state index in [-0.39, 0.29) is 12.1 Å². The van der Waals surface area contributed by atoms with Crippen molar-refractivity contribution in [3.05, 3.63) is 23.7 Å². The molecule has 0 saturated carbocycles. The van der Waals surface area contributed by atoms with Gasteiger partial charge in [0.25, 0.3) is 0 Å². The van der Waals surface area contributed by atoms with Crippen molar-refractivity contribution in [2.45, 2.75) is 39.0 Å². The second kappa shape index (κ2) is 8.32. The van der Waals surface area contributed by atoms with Gasteiger partial charge in [-0.25, -0.2) is 0 Å². The van der Waals surface area contributed by atoms with Crippen LogP contribution in [0.1, 0.15) is 31.4 Å². The van der Waals surface area contributed by atoms with Crippen molar-refractivity contribution in [2.24, 2.45) is 0 Å². The topological polar surface area (TPSA) is 63.9 Å². The smallest absolute Gasteiger partial charge is 0.120 e. The van der Waals surface area contributed by atoms with E-state index in [9.17, 15) is 5.11 Å². The van der Waals surface area contributed by atoms with Crippen molar-refractivity contribution in [1.82, 2.24) is 5.32 Å². The lowest BCUT2D eigenvalue weighted by molar-refractivity contribution is -0.0316. The zero-order valence-corrected chi connectivity index (χ0v) is 12.2. The van der Waals surface area contributed by atoms with Gasteiger partial charge in [-0.2, -0.15) is 0 Å². The van der Waals surface area contributed by atoms with Crippen LogP contribution in [0.25, 0.3) is 0 Å². The lowest BCUT2D eigenvalue weighted by atomic mass is 10.2. The van der Waals surface area contributed by atoms with Crippen LogP contribution in [0.5, 0.6) is 0 Å². The van der Waals surface area contributed by atoms with Crippen molar-refractivity contribution < 1.29 is 19.0 Å². The van der Waals surface area contributed by atoms with E-state index in [2.05, 4.69) is 5.32 Å². The number of ether oxygens (including phenoxy) is 2. The fraction of sp³-hybridized carbons (Fsp3) is 0.714. The molecule has 19 heavy (non-hydrogen) atoms. The third kappa shape index (κ3) is 6.20. The van der Waals surface area contributed by atoms with Gasteiger partial charge in [0.15, 0.2) is 0 Å². The Bertz CT molecular complexity index is 353. The van der Waals surface area contributed by atoms with E-state index in [0.29, 0.717) is 19.8 Å². The Balaban J connectivity index is 2.20. The van der Waals surface area contributed by atoms with Gasteiger partial charge in [0.2, 0.25) is 0 Å². The summed E-state index contributed by atoms with van der Waals surface area (Å²) < 4.78 is 15.9. The average Bonchev–Trinajstić information content (AvgIpc) is 2.80. The number of nitrogens with one attached hydrogen (secondary N) is 1. The maximum absolute atomic E-state index is 9.81. The van der Waals surface area contributed by atoms with E-state index in [4.69, 9.17) is 13.9 Å². The Hall–Kier alpha value is -0.880. The highest BCUT2D eigenvalue weighted by atomic mass is 16.5. The van der Waals surface area contributed by atoms with Gasteiger partial charge in [0, 0.05) is 13.7 Å². The predicted molar refractivity (Wildman–Crippen MR) is 73.2 cm³/mol. The molecule has 0 spiro atoms. The number of furan rings is 1. The highest BCUT2D eigenvalue weighted by Crippen LogP contribution is 2.15. The number of rotatable bonds is 9. The SMILES string of the molecule is COCC(C)OCC(O)CNC(C)c1ccc(C)o1. The molecule has 0 radical (unpaired) electrons. The number of hydrogen-bond donors (Lipinski definition) is 2. The summed E-state index contributed by atoms with van der Waals surface area (Å²) in [7, 11) is 1.63. The van der Waals surface area contributed by atoms with Gasteiger partial charge in [0.1, 0.15) is 11.5 Å². The first-order valence-electron chi connectivity index (χ1n) is 6.61. The molecular weight excluding hydrogens is 246 g/mol. The molecule has 0 aliphatic carbocycles. The molecule has 0 aliphatic rings. The monoisotopic (exact) mass is 271 g/mol. The summed E-state index contributed by atoms with van der Waals surface area (Å²) >= 11 is 0. The van der Waals surface area contributed by atoms with Crippen LogP contribution >= 0.6 is 0 Å². The Morgan fingerprint density at radius 3 is 2.63 bits per heavy atom. The summed E-state index contributed by atoms with van der Waals surface area (Å²) in [5, 5.41) is 13.0. The van der Waals surface area contributed by atoms with Crippen LogP contribution in [0.4, 0.5) is 0 Å². The molecular formula is C14H25NO4.